The van der Waals surface area contributed by atoms with E-state index in [1.54, 1.807) is 0 Å². The van der Waals surface area contributed by atoms with Gasteiger partial charge < -0.3 is 15.3 Å². The molecule has 84 valence electrons. The first-order chi connectivity index (χ1) is 6.77. The van der Waals surface area contributed by atoms with Crippen molar-refractivity contribution >= 4 is 0 Å². The summed E-state index contributed by atoms with van der Waals surface area (Å²) in [5, 5.41) is 12.4. The highest BCUT2D eigenvalue weighted by Gasteiger charge is 2.24. The molecule has 1 saturated heterocycles. The molecule has 3 heteroatoms. The second-order valence-corrected chi connectivity index (χ2v) is 4.35. The number of β-amino-alcohol motifs (C(OH)–C–C–N with tert-alkyl or cyclic N) is 1. The molecular weight excluding hydrogens is 176 g/mol. The summed E-state index contributed by atoms with van der Waals surface area (Å²) in [6, 6.07) is 0.685. The monoisotopic (exact) mass is 200 g/mol. The first-order valence-corrected chi connectivity index (χ1v) is 5.84. The SMILES string of the molecule is CCCNC1CCN(CCO)CC1C. The largest absolute Gasteiger partial charge is 0.395 e. The van der Waals surface area contributed by atoms with E-state index in [0.717, 1.165) is 26.2 Å². The van der Waals surface area contributed by atoms with Crippen LogP contribution in [0.2, 0.25) is 0 Å². The number of aliphatic hydroxyl groups excluding tert-OH is 1. The van der Waals surface area contributed by atoms with Crippen molar-refractivity contribution in [1.29, 1.82) is 0 Å². The first-order valence-electron chi connectivity index (χ1n) is 5.84. The summed E-state index contributed by atoms with van der Waals surface area (Å²) in [5.74, 6) is 0.710. The molecule has 0 aromatic heterocycles. The fraction of sp³-hybridized carbons (Fsp3) is 1.00. The third-order valence-electron chi connectivity index (χ3n) is 3.06. The van der Waals surface area contributed by atoms with Crippen LogP contribution in [-0.4, -0.2) is 48.8 Å². The Morgan fingerprint density at radius 1 is 1.50 bits per heavy atom. The maximum atomic E-state index is 8.85. The number of rotatable bonds is 5. The summed E-state index contributed by atoms with van der Waals surface area (Å²) >= 11 is 0. The molecule has 0 amide bonds. The Balaban J connectivity index is 2.24. The van der Waals surface area contributed by atoms with Crippen molar-refractivity contribution in [2.45, 2.75) is 32.7 Å². The molecule has 2 unspecified atom stereocenters. The lowest BCUT2D eigenvalue weighted by molar-refractivity contribution is 0.122. The third kappa shape index (κ3) is 3.56. The molecule has 0 aromatic carbocycles. The summed E-state index contributed by atoms with van der Waals surface area (Å²) < 4.78 is 0. The Kier molecular flexibility index (Phi) is 5.45. The van der Waals surface area contributed by atoms with Gasteiger partial charge in [-0.15, -0.1) is 0 Å². The van der Waals surface area contributed by atoms with Crippen molar-refractivity contribution in [2.75, 3.05) is 32.8 Å². The van der Waals surface area contributed by atoms with Crippen LogP contribution in [0.25, 0.3) is 0 Å². The third-order valence-corrected chi connectivity index (χ3v) is 3.06. The lowest BCUT2D eigenvalue weighted by Crippen LogP contribution is -2.49. The van der Waals surface area contributed by atoms with Crippen LogP contribution in [-0.2, 0) is 0 Å². The number of nitrogens with zero attached hydrogens (tertiary/aromatic N) is 1. The van der Waals surface area contributed by atoms with Gasteiger partial charge in [0.1, 0.15) is 0 Å². The van der Waals surface area contributed by atoms with Crippen LogP contribution in [0.3, 0.4) is 0 Å². The lowest BCUT2D eigenvalue weighted by atomic mass is 9.94. The number of piperidine rings is 1. The van der Waals surface area contributed by atoms with Crippen LogP contribution in [0.5, 0.6) is 0 Å². The Labute approximate surface area is 87.5 Å². The average Bonchev–Trinajstić information content (AvgIpc) is 2.17. The van der Waals surface area contributed by atoms with Crippen molar-refractivity contribution in [3.63, 3.8) is 0 Å². The zero-order chi connectivity index (χ0) is 10.4. The summed E-state index contributed by atoms with van der Waals surface area (Å²) in [6.07, 6.45) is 2.44. The molecule has 0 bridgehead atoms. The van der Waals surface area contributed by atoms with Crippen LogP contribution >= 0.6 is 0 Å². The fourth-order valence-electron chi connectivity index (χ4n) is 2.21. The molecule has 0 saturated carbocycles. The topological polar surface area (TPSA) is 35.5 Å². The average molecular weight is 200 g/mol. The highest BCUT2D eigenvalue weighted by atomic mass is 16.3. The molecule has 1 fully saturated rings. The van der Waals surface area contributed by atoms with E-state index in [-0.39, 0.29) is 0 Å². The maximum Gasteiger partial charge on any atom is 0.0558 e. The summed E-state index contributed by atoms with van der Waals surface area (Å²) in [6.45, 7) is 9.03. The van der Waals surface area contributed by atoms with Crippen molar-refractivity contribution < 1.29 is 5.11 Å². The second kappa shape index (κ2) is 6.38. The van der Waals surface area contributed by atoms with E-state index in [1.165, 1.54) is 12.8 Å². The molecule has 1 aliphatic rings. The molecule has 14 heavy (non-hydrogen) atoms. The van der Waals surface area contributed by atoms with Crippen molar-refractivity contribution in [3.8, 4) is 0 Å². The van der Waals surface area contributed by atoms with Gasteiger partial charge in [-0.05, 0) is 31.8 Å². The van der Waals surface area contributed by atoms with Gasteiger partial charge in [0.15, 0.2) is 0 Å². The number of hydrogen-bond acceptors (Lipinski definition) is 3. The minimum Gasteiger partial charge on any atom is -0.395 e. The van der Waals surface area contributed by atoms with Crippen LogP contribution in [0.4, 0.5) is 0 Å². The van der Waals surface area contributed by atoms with Gasteiger partial charge in [0, 0.05) is 19.1 Å². The zero-order valence-corrected chi connectivity index (χ0v) is 9.50. The van der Waals surface area contributed by atoms with Gasteiger partial charge in [0.05, 0.1) is 6.61 Å². The summed E-state index contributed by atoms with van der Waals surface area (Å²) in [7, 11) is 0. The highest BCUT2D eigenvalue weighted by Crippen LogP contribution is 2.16. The fourth-order valence-corrected chi connectivity index (χ4v) is 2.21. The van der Waals surface area contributed by atoms with E-state index in [1.807, 2.05) is 0 Å². The molecule has 1 aliphatic heterocycles. The van der Waals surface area contributed by atoms with Crippen molar-refractivity contribution in [3.05, 3.63) is 0 Å². The normalized spacial score (nSPS) is 29.4. The second-order valence-electron chi connectivity index (χ2n) is 4.35. The van der Waals surface area contributed by atoms with Gasteiger partial charge >= 0.3 is 0 Å². The molecule has 2 N–H and O–H groups in total. The number of nitrogens with one attached hydrogen (secondary N) is 1. The van der Waals surface area contributed by atoms with Crippen molar-refractivity contribution in [2.24, 2.45) is 5.92 Å². The van der Waals surface area contributed by atoms with Gasteiger partial charge in [-0.2, -0.15) is 0 Å². The van der Waals surface area contributed by atoms with Crippen LogP contribution in [0.1, 0.15) is 26.7 Å². The lowest BCUT2D eigenvalue weighted by Gasteiger charge is -2.37. The van der Waals surface area contributed by atoms with Gasteiger partial charge in [-0.25, -0.2) is 0 Å². The standard InChI is InChI=1S/C11H24N2O/c1-3-5-12-11-4-6-13(7-8-14)9-10(11)2/h10-12,14H,3-9H2,1-2H3. The number of likely N-dealkylation sites (tertiary alicyclic amines) is 1. The Bertz CT molecular complexity index is 152. The van der Waals surface area contributed by atoms with Crippen LogP contribution in [0, 0.1) is 5.92 Å². The Morgan fingerprint density at radius 3 is 2.86 bits per heavy atom. The molecule has 3 nitrogen and oxygen atoms in total. The van der Waals surface area contributed by atoms with E-state index in [0.29, 0.717) is 18.6 Å². The molecule has 2 atom stereocenters. The number of aliphatic hydroxyl groups is 1. The summed E-state index contributed by atoms with van der Waals surface area (Å²) in [5.41, 5.74) is 0. The predicted octanol–water partition coefficient (Wildman–Crippen LogP) is 0.689. The zero-order valence-electron chi connectivity index (χ0n) is 9.50. The molecule has 1 rings (SSSR count). The molecule has 1 heterocycles. The van der Waals surface area contributed by atoms with E-state index < -0.39 is 0 Å². The van der Waals surface area contributed by atoms with Gasteiger partial charge in [-0.3, -0.25) is 0 Å². The van der Waals surface area contributed by atoms with Gasteiger partial charge in [0.2, 0.25) is 0 Å². The molecule has 0 aromatic rings. The molecular formula is C11H24N2O. The molecule has 0 aliphatic carbocycles. The van der Waals surface area contributed by atoms with Crippen LogP contribution < -0.4 is 5.32 Å². The minimum absolute atomic E-state index is 0.291. The van der Waals surface area contributed by atoms with Crippen LogP contribution in [0.15, 0.2) is 0 Å². The van der Waals surface area contributed by atoms with Gasteiger partial charge in [-0.1, -0.05) is 13.8 Å². The summed E-state index contributed by atoms with van der Waals surface area (Å²) in [4.78, 5) is 2.36. The molecule has 0 spiro atoms. The molecule has 0 radical (unpaired) electrons. The van der Waals surface area contributed by atoms with Crippen molar-refractivity contribution in [1.82, 2.24) is 10.2 Å². The van der Waals surface area contributed by atoms with E-state index >= 15 is 0 Å². The van der Waals surface area contributed by atoms with E-state index in [4.69, 9.17) is 5.11 Å². The maximum absolute atomic E-state index is 8.85. The smallest absolute Gasteiger partial charge is 0.0558 e. The predicted molar refractivity (Wildman–Crippen MR) is 59.4 cm³/mol. The number of hydrogen-bond donors (Lipinski definition) is 2. The first kappa shape index (κ1) is 12.0. The Hall–Kier alpha value is -0.120. The van der Waals surface area contributed by atoms with Gasteiger partial charge in [0.25, 0.3) is 0 Å². The highest BCUT2D eigenvalue weighted by molar-refractivity contribution is 4.82. The van der Waals surface area contributed by atoms with E-state index in [2.05, 4.69) is 24.1 Å². The quantitative estimate of drug-likeness (QED) is 0.685. The Morgan fingerprint density at radius 2 is 2.29 bits per heavy atom. The minimum atomic E-state index is 0.291. The van der Waals surface area contributed by atoms with E-state index in [9.17, 15) is 0 Å².